The van der Waals surface area contributed by atoms with E-state index >= 15 is 0 Å². The normalized spacial score (nSPS) is 17.0. The van der Waals surface area contributed by atoms with Gasteiger partial charge in [0.25, 0.3) is 0 Å². The van der Waals surface area contributed by atoms with E-state index in [9.17, 15) is 0 Å². The number of aliphatic imine (C=N–C) groups is 1. The zero-order valence-electron chi connectivity index (χ0n) is 17.2. The molecule has 1 aromatic rings. The van der Waals surface area contributed by atoms with Gasteiger partial charge in [-0.05, 0) is 38.7 Å². The predicted molar refractivity (Wildman–Crippen MR) is 111 cm³/mol. The summed E-state index contributed by atoms with van der Waals surface area (Å²) in [4.78, 5) is 9.43. The van der Waals surface area contributed by atoms with Crippen molar-refractivity contribution in [3.8, 4) is 5.75 Å². The molecule has 1 aliphatic rings. The fourth-order valence-electron chi connectivity index (χ4n) is 3.07. The van der Waals surface area contributed by atoms with E-state index in [-0.39, 0.29) is 6.04 Å². The SMILES string of the molecule is CCNC(=NCC(c1ccc(OC)cc1)N(C)C)NCCN1CCOCC1. The van der Waals surface area contributed by atoms with E-state index in [1.54, 1.807) is 7.11 Å². The molecule has 7 heteroatoms. The first-order valence-corrected chi connectivity index (χ1v) is 9.76. The van der Waals surface area contributed by atoms with E-state index in [1.807, 2.05) is 12.1 Å². The van der Waals surface area contributed by atoms with Crippen molar-refractivity contribution in [1.82, 2.24) is 20.4 Å². The fourth-order valence-corrected chi connectivity index (χ4v) is 3.07. The molecule has 0 saturated carbocycles. The van der Waals surface area contributed by atoms with Crippen LogP contribution in [-0.4, -0.2) is 89.4 Å². The van der Waals surface area contributed by atoms with Crippen molar-refractivity contribution in [3.05, 3.63) is 29.8 Å². The summed E-state index contributed by atoms with van der Waals surface area (Å²) in [7, 11) is 5.86. The fraction of sp³-hybridized carbons (Fsp3) is 0.650. The molecule has 27 heavy (non-hydrogen) atoms. The van der Waals surface area contributed by atoms with Crippen LogP contribution in [0.3, 0.4) is 0 Å². The molecular formula is C20H35N5O2. The van der Waals surface area contributed by atoms with E-state index in [0.29, 0.717) is 6.54 Å². The van der Waals surface area contributed by atoms with E-state index in [0.717, 1.165) is 57.6 Å². The topological polar surface area (TPSA) is 61.4 Å². The molecule has 152 valence electrons. The second kappa shape index (κ2) is 11.8. The van der Waals surface area contributed by atoms with Gasteiger partial charge in [0.05, 0.1) is 32.9 Å². The summed E-state index contributed by atoms with van der Waals surface area (Å²) in [6.07, 6.45) is 0. The van der Waals surface area contributed by atoms with Gasteiger partial charge < -0.3 is 25.0 Å². The molecule has 0 amide bonds. The number of nitrogens with one attached hydrogen (secondary N) is 2. The van der Waals surface area contributed by atoms with Crippen LogP contribution in [0.2, 0.25) is 0 Å². The van der Waals surface area contributed by atoms with Gasteiger partial charge in [-0.1, -0.05) is 12.1 Å². The lowest BCUT2D eigenvalue weighted by molar-refractivity contribution is 0.0389. The van der Waals surface area contributed by atoms with Crippen LogP contribution in [-0.2, 0) is 4.74 Å². The minimum atomic E-state index is 0.214. The average Bonchev–Trinajstić information content (AvgIpc) is 2.69. The first-order valence-electron chi connectivity index (χ1n) is 9.76. The Morgan fingerprint density at radius 2 is 1.93 bits per heavy atom. The van der Waals surface area contributed by atoms with Crippen molar-refractivity contribution in [1.29, 1.82) is 0 Å². The van der Waals surface area contributed by atoms with Crippen LogP contribution in [0, 0.1) is 0 Å². The Kier molecular flexibility index (Phi) is 9.38. The molecule has 0 spiro atoms. The van der Waals surface area contributed by atoms with Gasteiger partial charge in [0.1, 0.15) is 5.75 Å². The van der Waals surface area contributed by atoms with Gasteiger partial charge in [-0.15, -0.1) is 0 Å². The summed E-state index contributed by atoms with van der Waals surface area (Å²) in [6, 6.07) is 8.43. The molecule has 1 fully saturated rings. The third-order valence-electron chi connectivity index (χ3n) is 4.71. The Morgan fingerprint density at radius 1 is 1.22 bits per heavy atom. The smallest absolute Gasteiger partial charge is 0.191 e. The summed E-state index contributed by atoms with van der Waals surface area (Å²) in [5, 5.41) is 6.79. The first kappa shape index (κ1) is 21.5. The minimum Gasteiger partial charge on any atom is -0.497 e. The Labute approximate surface area is 163 Å². The summed E-state index contributed by atoms with van der Waals surface area (Å²) in [5.41, 5.74) is 1.23. The molecular weight excluding hydrogens is 342 g/mol. The lowest BCUT2D eigenvalue weighted by atomic mass is 10.1. The molecule has 7 nitrogen and oxygen atoms in total. The van der Waals surface area contributed by atoms with Crippen LogP contribution in [0.1, 0.15) is 18.5 Å². The van der Waals surface area contributed by atoms with Crippen LogP contribution in [0.15, 0.2) is 29.3 Å². The predicted octanol–water partition coefficient (Wildman–Crippen LogP) is 1.19. The van der Waals surface area contributed by atoms with Crippen molar-refractivity contribution in [2.45, 2.75) is 13.0 Å². The lowest BCUT2D eigenvalue weighted by Crippen LogP contribution is -2.44. The molecule has 1 atom stereocenters. The van der Waals surface area contributed by atoms with Crippen molar-refractivity contribution in [2.24, 2.45) is 4.99 Å². The van der Waals surface area contributed by atoms with Gasteiger partial charge in [0.2, 0.25) is 0 Å². The number of likely N-dealkylation sites (N-methyl/N-ethyl adjacent to an activating group) is 1. The Balaban J connectivity index is 1.92. The molecule has 1 heterocycles. The standard InChI is InChI=1S/C20H35N5O2/c1-5-21-20(22-10-11-25-12-14-27-15-13-25)23-16-19(24(2)3)17-6-8-18(26-4)9-7-17/h6-9,19H,5,10-16H2,1-4H3,(H2,21,22,23). The number of ether oxygens (including phenoxy) is 2. The Bertz CT molecular complexity index is 556. The molecule has 1 saturated heterocycles. The van der Waals surface area contributed by atoms with Crippen molar-refractivity contribution < 1.29 is 9.47 Å². The number of hydrogen-bond acceptors (Lipinski definition) is 5. The average molecular weight is 378 g/mol. The summed E-state index contributed by atoms with van der Waals surface area (Å²) in [6.45, 7) is 9.19. The number of benzene rings is 1. The van der Waals surface area contributed by atoms with E-state index in [4.69, 9.17) is 14.5 Å². The number of hydrogen-bond donors (Lipinski definition) is 2. The van der Waals surface area contributed by atoms with Gasteiger partial charge in [-0.2, -0.15) is 0 Å². The molecule has 2 rings (SSSR count). The maximum atomic E-state index is 5.40. The molecule has 1 unspecified atom stereocenters. The minimum absolute atomic E-state index is 0.214. The van der Waals surface area contributed by atoms with Gasteiger partial charge in [0, 0.05) is 32.7 Å². The third kappa shape index (κ3) is 7.36. The van der Waals surface area contributed by atoms with Crippen LogP contribution in [0.25, 0.3) is 0 Å². The van der Waals surface area contributed by atoms with Gasteiger partial charge >= 0.3 is 0 Å². The zero-order valence-corrected chi connectivity index (χ0v) is 17.2. The maximum Gasteiger partial charge on any atom is 0.191 e. The summed E-state index contributed by atoms with van der Waals surface area (Å²) >= 11 is 0. The number of guanidine groups is 1. The number of rotatable bonds is 9. The van der Waals surface area contributed by atoms with Crippen LogP contribution in [0.5, 0.6) is 5.75 Å². The second-order valence-corrected chi connectivity index (χ2v) is 6.85. The van der Waals surface area contributed by atoms with Crippen LogP contribution < -0.4 is 15.4 Å². The number of nitrogens with zero attached hydrogens (tertiary/aromatic N) is 3. The summed E-state index contributed by atoms with van der Waals surface area (Å²) in [5.74, 6) is 1.74. The highest BCUT2D eigenvalue weighted by Gasteiger charge is 2.14. The van der Waals surface area contributed by atoms with E-state index in [1.165, 1.54) is 5.56 Å². The highest BCUT2D eigenvalue weighted by molar-refractivity contribution is 5.79. The van der Waals surface area contributed by atoms with Crippen molar-refractivity contribution in [2.75, 3.05) is 73.7 Å². The molecule has 0 aliphatic carbocycles. The van der Waals surface area contributed by atoms with Crippen molar-refractivity contribution in [3.63, 3.8) is 0 Å². The quantitative estimate of drug-likeness (QED) is 0.498. The van der Waals surface area contributed by atoms with Gasteiger partial charge in [0.15, 0.2) is 5.96 Å². The maximum absolute atomic E-state index is 5.40. The molecule has 1 aliphatic heterocycles. The van der Waals surface area contributed by atoms with E-state index in [2.05, 4.69) is 53.6 Å². The monoisotopic (exact) mass is 377 g/mol. The molecule has 0 bridgehead atoms. The van der Waals surface area contributed by atoms with Gasteiger partial charge in [-0.3, -0.25) is 9.89 Å². The first-order chi connectivity index (χ1) is 13.1. The Morgan fingerprint density at radius 3 is 2.52 bits per heavy atom. The van der Waals surface area contributed by atoms with E-state index < -0.39 is 0 Å². The number of morpholine rings is 1. The van der Waals surface area contributed by atoms with Gasteiger partial charge in [-0.25, -0.2) is 0 Å². The molecule has 0 aromatic heterocycles. The highest BCUT2D eigenvalue weighted by Crippen LogP contribution is 2.21. The zero-order chi connectivity index (χ0) is 19.5. The summed E-state index contributed by atoms with van der Waals surface area (Å²) < 4.78 is 10.7. The molecule has 0 radical (unpaired) electrons. The second-order valence-electron chi connectivity index (χ2n) is 6.85. The molecule has 2 N–H and O–H groups in total. The largest absolute Gasteiger partial charge is 0.497 e. The van der Waals surface area contributed by atoms with Crippen molar-refractivity contribution >= 4 is 5.96 Å². The Hall–Kier alpha value is -1.83. The third-order valence-corrected chi connectivity index (χ3v) is 4.71. The molecule has 1 aromatic carbocycles. The highest BCUT2D eigenvalue weighted by atomic mass is 16.5. The lowest BCUT2D eigenvalue weighted by Gasteiger charge is -2.27. The van der Waals surface area contributed by atoms with Crippen LogP contribution in [0.4, 0.5) is 0 Å². The van der Waals surface area contributed by atoms with Crippen LogP contribution >= 0.6 is 0 Å². The number of methoxy groups -OCH3 is 1.